The number of rotatable bonds is 12. The molecule has 1 aliphatic rings. The average Bonchev–Trinajstić information content (AvgIpc) is 3.40. The second-order valence-corrected chi connectivity index (χ2v) is 10.4. The summed E-state index contributed by atoms with van der Waals surface area (Å²) in [6.45, 7) is 2.30. The van der Waals surface area contributed by atoms with Crippen LogP contribution in [-0.2, 0) is 24.2 Å². The molecule has 1 heterocycles. The van der Waals surface area contributed by atoms with Crippen LogP contribution in [0.1, 0.15) is 23.6 Å². The maximum absolute atomic E-state index is 13.6. The number of thioether (sulfide) groups is 1. The molecule has 3 aromatic carbocycles. The lowest BCUT2D eigenvalue weighted by Gasteiger charge is -2.29. The predicted molar refractivity (Wildman–Crippen MR) is 148 cm³/mol. The maximum Gasteiger partial charge on any atom is 0.233 e. The summed E-state index contributed by atoms with van der Waals surface area (Å²) in [5.41, 5.74) is 12.0. The Balaban J connectivity index is 1.44. The van der Waals surface area contributed by atoms with Crippen molar-refractivity contribution in [3.63, 3.8) is 0 Å². The van der Waals surface area contributed by atoms with E-state index in [-0.39, 0.29) is 36.7 Å². The van der Waals surface area contributed by atoms with Crippen LogP contribution in [-0.4, -0.2) is 45.9 Å². The van der Waals surface area contributed by atoms with E-state index in [9.17, 15) is 18.7 Å². The molecule has 1 amide bonds. The Kier molecular flexibility index (Phi) is 9.85. The second kappa shape index (κ2) is 13.5. The van der Waals surface area contributed by atoms with Crippen LogP contribution in [0.4, 0.5) is 14.5 Å². The van der Waals surface area contributed by atoms with E-state index in [1.54, 1.807) is 9.91 Å². The van der Waals surface area contributed by atoms with Gasteiger partial charge in [-0.15, -0.1) is 11.8 Å². The zero-order valence-electron chi connectivity index (χ0n) is 21.6. The lowest BCUT2D eigenvalue weighted by atomic mass is 10.0. The fourth-order valence-electron chi connectivity index (χ4n) is 4.26. The fraction of sp³-hybridized carbons (Fsp3) is 0.321. The van der Waals surface area contributed by atoms with Crippen molar-refractivity contribution in [2.45, 2.75) is 44.0 Å². The molecule has 206 valence electrons. The maximum atomic E-state index is 13.6. The summed E-state index contributed by atoms with van der Waals surface area (Å²) in [4.78, 5) is 15.0. The van der Waals surface area contributed by atoms with Gasteiger partial charge in [0.1, 0.15) is 11.6 Å². The Morgan fingerprint density at radius 2 is 1.79 bits per heavy atom. The highest BCUT2D eigenvalue weighted by Gasteiger charge is 2.28. The Morgan fingerprint density at radius 1 is 1.08 bits per heavy atom. The quantitative estimate of drug-likeness (QED) is 0.310. The minimum Gasteiger partial charge on any atom is -0.390 e. The summed E-state index contributed by atoms with van der Waals surface area (Å²) >= 11 is 1.32. The van der Waals surface area contributed by atoms with E-state index in [0.717, 1.165) is 29.3 Å². The standard InChI is InChI=1S/C28H32F2N6O2S/c1-2-19-7-6-8-20(11-19)16-35(17-26(37)25(31)14-21-12-22(29)15-23(30)13-21)27(38)18-39-28-32-33-34-36(28)24-9-4-3-5-10-24/h3-13,15,25-26,28,37H,2,14,16-18,31H2,1H3,(H,32,34)/t25-,26+,28?/m0/s1. The van der Waals surface area contributed by atoms with Gasteiger partial charge in [0.25, 0.3) is 0 Å². The third kappa shape index (κ3) is 7.98. The summed E-state index contributed by atoms with van der Waals surface area (Å²) in [6.07, 6.45) is -0.209. The topological polar surface area (TPSA) is 107 Å². The summed E-state index contributed by atoms with van der Waals surface area (Å²) in [5.74, 6) is -1.53. The summed E-state index contributed by atoms with van der Waals surface area (Å²) < 4.78 is 27.3. The first-order valence-electron chi connectivity index (χ1n) is 12.7. The van der Waals surface area contributed by atoms with Gasteiger partial charge in [0.2, 0.25) is 5.91 Å². The number of hydrogen-bond acceptors (Lipinski definition) is 8. The third-order valence-electron chi connectivity index (χ3n) is 6.34. The van der Waals surface area contributed by atoms with Gasteiger partial charge in [0, 0.05) is 25.2 Å². The highest BCUT2D eigenvalue weighted by atomic mass is 32.2. The number of nitrogens with two attached hydrogens (primary N) is 1. The molecule has 4 N–H and O–H groups in total. The molecule has 0 saturated carbocycles. The second-order valence-electron chi connectivity index (χ2n) is 9.32. The molecule has 8 nitrogen and oxygen atoms in total. The number of carbonyl (C=O) groups is 1. The van der Waals surface area contributed by atoms with Crippen LogP contribution in [0.25, 0.3) is 0 Å². The van der Waals surface area contributed by atoms with Gasteiger partial charge in [-0.05, 0) is 59.0 Å². The van der Waals surface area contributed by atoms with Crippen molar-refractivity contribution in [2.75, 3.05) is 17.3 Å². The molecule has 0 spiro atoms. The first-order chi connectivity index (χ1) is 18.8. The average molecular weight is 555 g/mol. The molecule has 0 fully saturated rings. The molecule has 0 bridgehead atoms. The SMILES string of the molecule is CCc1cccc(CN(C[C@@H](O)[C@@H](N)Cc2cc(F)cc(F)c2)C(=O)CSC2NN=NN2c2ccccc2)c1. The van der Waals surface area contributed by atoms with Crippen molar-refractivity contribution in [2.24, 2.45) is 16.2 Å². The van der Waals surface area contributed by atoms with Gasteiger partial charge in [0.05, 0.1) is 17.5 Å². The Bertz CT molecular complexity index is 1260. The summed E-state index contributed by atoms with van der Waals surface area (Å²) in [6, 6.07) is 19.7. The van der Waals surface area contributed by atoms with Crippen LogP contribution in [0, 0.1) is 11.6 Å². The number of para-hydroxylation sites is 1. The van der Waals surface area contributed by atoms with E-state index in [1.165, 1.54) is 23.9 Å². The number of carbonyl (C=O) groups excluding carboxylic acids is 1. The Hall–Kier alpha value is -3.54. The minimum atomic E-state index is -1.12. The largest absolute Gasteiger partial charge is 0.390 e. The lowest BCUT2D eigenvalue weighted by Crippen LogP contribution is -2.47. The van der Waals surface area contributed by atoms with E-state index in [4.69, 9.17) is 5.73 Å². The number of nitrogens with zero attached hydrogens (tertiary/aromatic N) is 4. The van der Waals surface area contributed by atoms with Gasteiger partial charge in [-0.1, -0.05) is 54.6 Å². The highest BCUT2D eigenvalue weighted by molar-refractivity contribution is 8.00. The Morgan fingerprint density at radius 3 is 2.51 bits per heavy atom. The normalized spacial score (nSPS) is 16.1. The number of aryl methyl sites for hydroxylation is 1. The molecular formula is C28H32F2N6O2S. The number of anilines is 1. The number of amides is 1. The van der Waals surface area contributed by atoms with E-state index in [1.807, 2.05) is 54.6 Å². The molecule has 3 aromatic rings. The van der Waals surface area contributed by atoms with Crippen molar-refractivity contribution >= 4 is 23.4 Å². The molecule has 3 atom stereocenters. The van der Waals surface area contributed by atoms with E-state index in [2.05, 4.69) is 22.8 Å². The van der Waals surface area contributed by atoms with Crippen molar-refractivity contribution < 1.29 is 18.7 Å². The van der Waals surface area contributed by atoms with Crippen LogP contribution in [0.3, 0.4) is 0 Å². The molecule has 39 heavy (non-hydrogen) atoms. The zero-order chi connectivity index (χ0) is 27.8. The summed E-state index contributed by atoms with van der Waals surface area (Å²) in [7, 11) is 0. The highest BCUT2D eigenvalue weighted by Crippen LogP contribution is 2.26. The third-order valence-corrected chi connectivity index (χ3v) is 7.37. The number of halogens is 2. The molecule has 1 aliphatic heterocycles. The van der Waals surface area contributed by atoms with Crippen LogP contribution >= 0.6 is 11.8 Å². The zero-order valence-corrected chi connectivity index (χ0v) is 22.4. The van der Waals surface area contributed by atoms with Gasteiger partial charge >= 0.3 is 0 Å². The molecule has 4 rings (SSSR count). The van der Waals surface area contributed by atoms with Crippen molar-refractivity contribution in [1.82, 2.24) is 10.3 Å². The first kappa shape index (κ1) is 28.5. The first-order valence-corrected chi connectivity index (χ1v) is 13.7. The van der Waals surface area contributed by atoms with Gasteiger partial charge in [0.15, 0.2) is 5.50 Å². The molecule has 0 saturated heterocycles. The van der Waals surface area contributed by atoms with Crippen LogP contribution < -0.4 is 16.2 Å². The van der Waals surface area contributed by atoms with E-state index >= 15 is 0 Å². The molecule has 11 heteroatoms. The molecule has 1 unspecified atom stereocenters. The summed E-state index contributed by atoms with van der Waals surface area (Å²) in [5, 5.41) is 20.6. The molecule has 0 aromatic heterocycles. The number of aliphatic hydroxyl groups excluding tert-OH is 1. The van der Waals surface area contributed by atoms with Gasteiger partial charge in [-0.2, -0.15) is 0 Å². The smallest absolute Gasteiger partial charge is 0.233 e. The lowest BCUT2D eigenvalue weighted by molar-refractivity contribution is -0.130. The van der Waals surface area contributed by atoms with Gasteiger partial charge in [-0.3, -0.25) is 10.2 Å². The van der Waals surface area contributed by atoms with Crippen LogP contribution in [0.2, 0.25) is 0 Å². The van der Waals surface area contributed by atoms with Crippen LogP contribution in [0.15, 0.2) is 83.2 Å². The van der Waals surface area contributed by atoms with Gasteiger partial charge < -0.3 is 15.7 Å². The van der Waals surface area contributed by atoms with Crippen LogP contribution in [0.5, 0.6) is 0 Å². The predicted octanol–water partition coefficient (Wildman–Crippen LogP) is 4.20. The number of aliphatic hydroxyl groups is 1. The number of benzene rings is 3. The van der Waals surface area contributed by atoms with E-state index < -0.39 is 23.8 Å². The minimum absolute atomic E-state index is 0.0377. The number of nitrogens with one attached hydrogen (secondary N) is 1. The monoisotopic (exact) mass is 554 g/mol. The van der Waals surface area contributed by atoms with Gasteiger partial charge in [-0.25, -0.2) is 13.8 Å². The molecule has 0 aliphatic carbocycles. The van der Waals surface area contributed by atoms with Crippen molar-refractivity contribution in [3.05, 3.63) is 101 Å². The van der Waals surface area contributed by atoms with Crippen molar-refractivity contribution in [3.8, 4) is 0 Å². The van der Waals surface area contributed by atoms with E-state index in [0.29, 0.717) is 5.56 Å². The van der Waals surface area contributed by atoms with Crippen molar-refractivity contribution in [1.29, 1.82) is 0 Å². The molecule has 0 radical (unpaired) electrons. The number of hydrogen-bond donors (Lipinski definition) is 3. The fourth-order valence-corrected chi connectivity index (χ4v) is 5.17. The molecular weight excluding hydrogens is 522 g/mol. The Labute approximate surface area is 230 Å².